The molecular formula is C12H13BO5. The van der Waals surface area contributed by atoms with Gasteiger partial charge >= 0.3 is 13.1 Å². The van der Waals surface area contributed by atoms with E-state index >= 15 is 0 Å². The molecule has 5 nitrogen and oxygen atoms in total. The predicted molar refractivity (Wildman–Crippen MR) is 64.3 cm³/mol. The van der Waals surface area contributed by atoms with Crippen LogP contribution < -0.4 is 9.39 Å². The maximum Gasteiger partial charge on any atom is 0.526 e. The minimum absolute atomic E-state index is 0.000556. The summed E-state index contributed by atoms with van der Waals surface area (Å²) in [5, 5.41) is 19.1. The molecule has 18 heavy (non-hydrogen) atoms. The summed E-state index contributed by atoms with van der Waals surface area (Å²) in [6, 6.07) is 3.49. The summed E-state index contributed by atoms with van der Waals surface area (Å²) in [5.74, 6) is -0.296. The van der Waals surface area contributed by atoms with Crippen molar-refractivity contribution in [1.82, 2.24) is 0 Å². The number of carbonyl (C=O) groups is 1. The molecule has 1 aliphatic heterocycles. The van der Waals surface area contributed by atoms with Gasteiger partial charge in [0.05, 0.1) is 7.11 Å². The van der Waals surface area contributed by atoms with Crippen molar-refractivity contribution in [3.8, 4) is 11.5 Å². The van der Waals surface area contributed by atoms with E-state index in [0.717, 1.165) is 18.4 Å². The van der Waals surface area contributed by atoms with Gasteiger partial charge in [-0.15, -0.1) is 0 Å². The highest BCUT2D eigenvalue weighted by Gasteiger charge is 2.49. The van der Waals surface area contributed by atoms with Crippen LogP contribution >= 0.6 is 0 Å². The smallest absolute Gasteiger partial charge is 0.526 e. The first kappa shape index (κ1) is 11.4. The standard InChI is InChI=1S/C12H13BO5/c1-17-9-5-3-7-6-2-4-8(6)13(16)18-11(7)10(9)12(14)15/h3,5-6,8,16H,2,4H2,1H3,(H,14,15). The molecule has 1 aromatic rings. The first-order valence-electron chi connectivity index (χ1n) is 5.92. The number of rotatable bonds is 2. The van der Waals surface area contributed by atoms with Crippen LogP contribution in [0.4, 0.5) is 0 Å². The fourth-order valence-electron chi connectivity index (χ4n) is 2.83. The van der Waals surface area contributed by atoms with Gasteiger partial charge < -0.3 is 19.5 Å². The van der Waals surface area contributed by atoms with E-state index < -0.39 is 13.1 Å². The van der Waals surface area contributed by atoms with E-state index in [4.69, 9.17) is 9.39 Å². The molecule has 0 bridgehead atoms. The van der Waals surface area contributed by atoms with Crippen LogP contribution in [0.15, 0.2) is 12.1 Å². The highest BCUT2D eigenvalue weighted by atomic mass is 16.5. The average molecular weight is 248 g/mol. The van der Waals surface area contributed by atoms with E-state index in [1.54, 1.807) is 6.07 Å². The fraction of sp³-hybridized carbons (Fsp3) is 0.417. The molecule has 2 atom stereocenters. The second kappa shape index (κ2) is 3.91. The molecule has 1 aliphatic carbocycles. The molecular weight excluding hydrogens is 235 g/mol. The normalized spacial score (nSPS) is 24.4. The van der Waals surface area contributed by atoms with Gasteiger partial charge in [-0.3, -0.25) is 0 Å². The van der Waals surface area contributed by atoms with Crippen LogP contribution in [0.1, 0.15) is 34.7 Å². The molecule has 1 saturated carbocycles. The number of hydrogen-bond acceptors (Lipinski definition) is 4. The summed E-state index contributed by atoms with van der Waals surface area (Å²) < 4.78 is 10.4. The molecule has 2 N–H and O–H groups in total. The Kier molecular flexibility index (Phi) is 2.48. The molecule has 0 radical (unpaired) electrons. The van der Waals surface area contributed by atoms with Gasteiger partial charge in [0.25, 0.3) is 0 Å². The van der Waals surface area contributed by atoms with Gasteiger partial charge in [0.1, 0.15) is 17.1 Å². The van der Waals surface area contributed by atoms with Gasteiger partial charge in [-0.2, -0.15) is 0 Å². The second-order valence-corrected chi connectivity index (χ2v) is 4.72. The van der Waals surface area contributed by atoms with Gasteiger partial charge in [0.2, 0.25) is 0 Å². The third-order valence-electron chi connectivity index (χ3n) is 3.92. The zero-order valence-electron chi connectivity index (χ0n) is 9.92. The van der Waals surface area contributed by atoms with Gasteiger partial charge in [0, 0.05) is 5.82 Å². The quantitative estimate of drug-likeness (QED) is 0.776. The Balaban J connectivity index is 2.16. The molecule has 0 aromatic heterocycles. The number of aromatic carboxylic acids is 1. The molecule has 94 valence electrons. The number of carboxylic acids is 1. The maximum absolute atomic E-state index is 11.3. The summed E-state index contributed by atoms with van der Waals surface area (Å²) in [6.45, 7) is 0. The lowest BCUT2D eigenvalue weighted by Gasteiger charge is -2.42. The molecule has 6 heteroatoms. The number of hydrogen-bond donors (Lipinski definition) is 2. The van der Waals surface area contributed by atoms with E-state index in [0.29, 0.717) is 0 Å². The number of ether oxygens (including phenoxy) is 1. The molecule has 1 fully saturated rings. The van der Waals surface area contributed by atoms with Crippen LogP contribution in [0.5, 0.6) is 11.5 Å². The Morgan fingerprint density at radius 2 is 2.28 bits per heavy atom. The Morgan fingerprint density at radius 1 is 1.50 bits per heavy atom. The van der Waals surface area contributed by atoms with Crippen molar-refractivity contribution < 1.29 is 24.3 Å². The highest BCUT2D eigenvalue weighted by molar-refractivity contribution is 6.47. The number of fused-ring (bicyclic) bond motifs is 3. The lowest BCUT2D eigenvalue weighted by Crippen LogP contribution is -2.42. The zero-order chi connectivity index (χ0) is 12.9. The average Bonchev–Trinajstić information content (AvgIpc) is 2.27. The summed E-state index contributed by atoms with van der Waals surface area (Å²) in [4.78, 5) is 11.3. The summed E-state index contributed by atoms with van der Waals surface area (Å²) in [7, 11) is 0.501. The van der Waals surface area contributed by atoms with Crippen LogP contribution in [-0.2, 0) is 0 Å². The third kappa shape index (κ3) is 1.42. The van der Waals surface area contributed by atoms with Crippen LogP contribution in [0.2, 0.25) is 5.82 Å². The molecule has 1 heterocycles. The van der Waals surface area contributed by atoms with Crippen LogP contribution in [-0.4, -0.2) is 30.3 Å². The van der Waals surface area contributed by atoms with E-state index in [1.807, 2.05) is 6.07 Å². The number of methoxy groups -OCH3 is 1. The van der Waals surface area contributed by atoms with Crippen molar-refractivity contribution in [3.05, 3.63) is 23.3 Å². The first-order valence-corrected chi connectivity index (χ1v) is 5.92. The largest absolute Gasteiger partial charge is 0.535 e. The number of carboxylic acid groups (broad SMARTS) is 1. The first-order chi connectivity index (χ1) is 8.63. The summed E-state index contributed by atoms with van der Waals surface area (Å²) in [6.07, 6.45) is 1.88. The second-order valence-electron chi connectivity index (χ2n) is 4.72. The molecule has 2 aliphatic rings. The minimum Gasteiger partial charge on any atom is -0.535 e. The molecule has 0 spiro atoms. The molecule has 2 unspecified atom stereocenters. The highest BCUT2D eigenvalue weighted by Crippen LogP contribution is 2.55. The van der Waals surface area contributed by atoms with Gasteiger partial charge in [-0.25, -0.2) is 4.79 Å². The van der Waals surface area contributed by atoms with Crippen molar-refractivity contribution in [3.63, 3.8) is 0 Å². The molecule has 1 aromatic carbocycles. The van der Waals surface area contributed by atoms with Crippen LogP contribution in [0.3, 0.4) is 0 Å². The number of benzene rings is 1. The Morgan fingerprint density at radius 3 is 2.83 bits per heavy atom. The zero-order valence-corrected chi connectivity index (χ0v) is 9.92. The third-order valence-corrected chi connectivity index (χ3v) is 3.92. The van der Waals surface area contributed by atoms with Crippen LogP contribution in [0, 0.1) is 0 Å². The minimum atomic E-state index is -1.10. The van der Waals surface area contributed by atoms with Crippen molar-refractivity contribution in [2.24, 2.45) is 0 Å². The monoisotopic (exact) mass is 248 g/mol. The van der Waals surface area contributed by atoms with Gasteiger partial charge in [0.15, 0.2) is 0 Å². The fourth-order valence-corrected chi connectivity index (χ4v) is 2.83. The van der Waals surface area contributed by atoms with Crippen LogP contribution in [0.25, 0.3) is 0 Å². The maximum atomic E-state index is 11.3. The molecule has 0 saturated heterocycles. The van der Waals surface area contributed by atoms with E-state index in [2.05, 4.69) is 0 Å². The SMILES string of the molecule is COc1ccc2c(c1C(=O)O)OB(O)C1CCC21. The van der Waals surface area contributed by atoms with E-state index in [-0.39, 0.29) is 28.8 Å². The summed E-state index contributed by atoms with van der Waals surface area (Å²) >= 11 is 0. The van der Waals surface area contributed by atoms with Crippen molar-refractivity contribution in [2.45, 2.75) is 24.6 Å². The topological polar surface area (TPSA) is 76.0 Å². The van der Waals surface area contributed by atoms with Crippen molar-refractivity contribution in [2.75, 3.05) is 7.11 Å². The Labute approximate surface area is 104 Å². The lowest BCUT2D eigenvalue weighted by molar-refractivity contribution is 0.0690. The van der Waals surface area contributed by atoms with Gasteiger partial charge in [-0.1, -0.05) is 6.07 Å². The Hall–Kier alpha value is -1.69. The summed E-state index contributed by atoms with van der Waals surface area (Å²) in [5.41, 5.74) is 0.870. The predicted octanol–water partition coefficient (Wildman–Crippen LogP) is 1.51. The van der Waals surface area contributed by atoms with Crippen molar-refractivity contribution in [1.29, 1.82) is 0 Å². The van der Waals surface area contributed by atoms with Crippen molar-refractivity contribution >= 4 is 13.1 Å². The van der Waals surface area contributed by atoms with E-state index in [9.17, 15) is 14.9 Å². The lowest BCUT2D eigenvalue weighted by atomic mass is 9.51. The Bertz CT molecular complexity index is 515. The van der Waals surface area contributed by atoms with E-state index in [1.165, 1.54) is 7.11 Å². The molecule has 0 amide bonds. The molecule has 3 rings (SSSR count). The van der Waals surface area contributed by atoms with Gasteiger partial charge in [-0.05, 0) is 30.4 Å².